The monoisotopic (exact) mass is 422 g/mol. The van der Waals surface area contributed by atoms with Crippen molar-refractivity contribution in [2.45, 2.75) is 44.6 Å². The summed E-state index contributed by atoms with van der Waals surface area (Å²) in [5.41, 5.74) is 1.67. The number of nitrogens with zero attached hydrogens (tertiary/aromatic N) is 3. The van der Waals surface area contributed by atoms with Crippen LogP contribution < -0.4 is 10.2 Å². The van der Waals surface area contributed by atoms with Crippen molar-refractivity contribution in [2.24, 2.45) is 0 Å². The minimum atomic E-state index is -0.461. The molecule has 1 aliphatic heterocycles. The molecule has 2 aromatic carbocycles. The molecule has 6 nitrogen and oxygen atoms in total. The second-order valence-electron chi connectivity index (χ2n) is 7.94. The summed E-state index contributed by atoms with van der Waals surface area (Å²) in [6.07, 6.45) is 5.24. The number of hydrogen-bond acceptors (Lipinski definition) is 5. The molecule has 7 heteroatoms. The fourth-order valence-corrected chi connectivity index (χ4v) is 3.88. The van der Waals surface area contributed by atoms with Gasteiger partial charge in [-0.15, -0.1) is 5.10 Å². The molecule has 1 N–H and O–H groups in total. The van der Waals surface area contributed by atoms with Crippen LogP contribution in [0.15, 0.2) is 59.0 Å². The molecule has 0 saturated carbocycles. The van der Waals surface area contributed by atoms with Crippen LogP contribution >= 0.6 is 0 Å². The number of carbonyl (C=O) groups is 1. The normalized spacial score (nSPS) is 15.3. The summed E-state index contributed by atoms with van der Waals surface area (Å²) in [6.45, 7) is 1.80. The van der Waals surface area contributed by atoms with E-state index in [4.69, 9.17) is 4.42 Å². The minimum Gasteiger partial charge on any atom is -0.406 e. The third-order valence-electron chi connectivity index (χ3n) is 5.48. The smallest absolute Gasteiger partial charge is 0.318 e. The average molecular weight is 423 g/mol. The topological polar surface area (TPSA) is 71.3 Å². The second kappa shape index (κ2) is 10.2. The van der Waals surface area contributed by atoms with Crippen molar-refractivity contribution in [1.82, 2.24) is 15.5 Å². The Balaban J connectivity index is 1.50. The highest BCUT2D eigenvalue weighted by Gasteiger charge is 2.24. The summed E-state index contributed by atoms with van der Waals surface area (Å²) in [7, 11) is 0. The highest BCUT2D eigenvalue weighted by atomic mass is 19.1. The number of aromatic nitrogens is 2. The maximum Gasteiger partial charge on any atom is 0.318 e. The van der Waals surface area contributed by atoms with E-state index in [1.54, 1.807) is 12.1 Å². The number of rotatable bonds is 7. The molecule has 162 valence electrons. The Kier molecular flexibility index (Phi) is 6.92. The van der Waals surface area contributed by atoms with Crippen LogP contribution in [-0.4, -0.2) is 29.2 Å². The molecule has 3 aromatic rings. The average Bonchev–Trinajstić information content (AvgIpc) is 3.09. The summed E-state index contributed by atoms with van der Waals surface area (Å²) in [5, 5.41) is 11.5. The molecule has 0 spiro atoms. The zero-order valence-electron chi connectivity index (χ0n) is 17.5. The summed E-state index contributed by atoms with van der Waals surface area (Å²) in [6, 6.07) is 16.0. The van der Waals surface area contributed by atoms with Crippen LogP contribution in [0.25, 0.3) is 0 Å². The molecule has 1 fully saturated rings. The number of nitrogens with one attached hydrogen (secondary N) is 1. The van der Waals surface area contributed by atoms with Gasteiger partial charge in [-0.2, -0.15) is 0 Å². The first kappa shape index (κ1) is 21.0. The Hall–Kier alpha value is -3.22. The minimum absolute atomic E-state index is 0.0795. The number of halogens is 1. The van der Waals surface area contributed by atoms with Gasteiger partial charge in [-0.3, -0.25) is 4.79 Å². The number of carbonyl (C=O) groups excluding carboxylic acids is 1. The van der Waals surface area contributed by atoms with E-state index in [1.165, 1.54) is 25.0 Å². The molecule has 0 unspecified atom stereocenters. The Labute approximate surface area is 181 Å². The van der Waals surface area contributed by atoms with Gasteiger partial charge in [-0.05, 0) is 36.1 Å². The van der Waals surface area contributed by atoms with Crippen molar-refractivity contribution in [2.75, 3.05) is 18.0 Å². The van der Waals surface area contributed by atoms with Crippen molar-refractivity contribution in [3.63, 3.8) is 0 Å². The lowest BCUT2D eigenvalue weighted by Gasteiger charge is -2.18. The molecule has 1 saturated heterocycles. The Morgan fingerprint density at radius 1 is 1.00 bits per heavy atom. The molecule has 1 atom stereocenters. The first-order chi connectivity index (χ1) is 15.2. The van der Waals surface area contributed by atoms with Crippen LogP contribution in [0, 0.1) is 5.82 Å². The molecule has 1 amide bonds. The van der Waals surface area contributed by atoms with Crippen LogP contribution in [0.4, 0.5) is 10.4 Å². The van der Waals surface area contributed by atoms with Crippen LogP contribution in [0.1, 0.15) is 48.7 Å². The SMILES string of the molecule is O=C(Cc1cccc(F)c1)N[C@H](Cc1ccccc1)c1nnc(N2CCCCCC2)o1. The van der Waals surface area contributed by atoms with Gasteiger partial charge in [-0.1, -0.05) is 60.4 Å². The van der Waals surface area contributed by atoms with E-state index >= 15 is 0 Å². The highest BCUT2D eigenvalue weighted by Crippen LogP contribution is 2.23. The van der Waals surface area contributed by atoms with Gasteiger partial charge in [0.25, 0.3) is 0 Å². The van der Waals surface area contributed by atoms with Crippen molar-refractivity contribution >= 4 is 11.9 Å². The van der Waals surface area contributed by atoms with Crippen LogP contribution in [0.3, 0.4) is 0 Å². The summed E-state index contributed by atoms with van der Waals surface area (Å²) in [5.74, 6) is -0.193. The van der Waals surface area contributed by atoms with E-state index in [-0.39, 0.29) is 18.1 Å². The van der Waals surface area contributed by atoms with E-state index in [9.17, 15) is 9.18 Å². The lowest BCUT2D eigenvalue weighted by Crippen LogP contribution is -2.31. The number of benzene rings is 2. The number of anilines is 1. The molecule has 0 bridgehead atoms. The summed E-state index contributed by atoms with van der Waals surface area (Å²) < 4.78 is 19.5. The molecule has 31 heavy (non-hydrogen) atoms. The molecular weight excluding hydrogens is 395 g/mol. The van der Waals surface area contributed by atoms with E-state index in [2.05, 4.69) is 20.4 Å². The fraction of sp³-hybridized carbons (Fsp3) is 0.375. The maximum atomic E-state index is 13.5. The number of hydrogen-bond donors (Lipinski definition) is 1. The van der Waals surface area contributed by atoms with Gasteiger partial charge in [-0.25, -0.2) is 4.39 Å². The lowest BCUT2D eigenvalue weighted by molar-refractivity contribution is -0.121. The Bertz CT molecular complexity index is 984. The third kappa shape index (κ3) is 5.90. The van der Waals surface area contributed by atoms with Crippen LogP contribution in [-0.2, 0) is 17.6 Å². The molecule has 4 rings (SSSR count). The molecule has 0 radical (unpaired) electrons. The van der Waals surface area contributed by atoms with Gasteiger partial charge in [0.15, 0.2) is 0 Å². The molecular formula is C24H27FN4O2. The molecule has 1 aromatic heterocycles. The standard InChI is InChI=1S/C24H27FN4O2/c25-20-12-8-11-19(15-20)17-22(30)26-21(16-18-9-4-3-5-10-18)23-27-28-24(31-23)29-13-6-1-2-7-14-29/h3-5,8-12,15,21H,1-2,6-7,13-14,16-17H2,(H,26,30)/t21-/m1/s1. The zero-order chi connectivity index (χ0) is 21.5. The first-order valence-corrected chi connectivity index (χ1v) is 10.8. The largest absolute Gasteiger partial charge is 0.406 e. The van der Waals surface area contributed by atoms with Crippen molar-refractivity contribution in [3.8, 4) is 0 Å². The Morgan fingerprint density at radius 2 is 1.74 bits per heavy atom. The summed E-state index contributed by atoms with van der Waals surface area (Å²) >= 11 is 0. The number of amides is 1. The fourth-order valence-electron chi connectivity index (χ4n) is 3.88. The van der Waals surface area contributed by atoms with E-state index < -0.39 is 6.04 Å². The van der Waals surface area contributed by atoms with E-state index in [0.717, 1.165) is 31.5 Å². The maximum absolute atomic E-state index is 13.5. The van der Waals surface area contributed by atoms with Gasteiger partial charge < -0.3 is 14.6 Å². The van der Waals surface area contributed by atoms with Crippen LogP contribution in [0.2, 0.25) is 0 Å². The highest BCUT2D eigenvalue weighted by molar-refractivity contribution is 5.79. The van der Waals surface area contributed by atoms with Gasteiger partial charge in [0, 0.05) is 19.5 Å². The van der Waals surface area contributed by atoms with E-state index in [1.807, 2.05) is 30.3 Å². The molecule has 1 aliphatic rings. The van der Waals surface area contributed by atoms with E-state index in [0.29, 0.717) is 23.9 Å². The van der Waals surface area contributed by atoms with Crippen molar-refractivity contribution in [1.29, 1.82) is 0 Å². The van der Waals surface area contributed by atoms with Crippen molar-refractivity contribution in [3.05, 3.63) is 77.4 Å². The third-order valence-corrected chi connectivity index (χ3v) is 5.48. The molecule has 2 heterocycles. The van der Waals surface area contributed by atoms with Gasteiger partial charge >= 0.3 is 6.01 Å². The Morgan fingerprint density at radius 3 is 2.48 bits per heavy atom. The second-order valence-corrected chi connectivity index (χ2v) is 7.94. The van der Waals surface area contributed by atoms with Gasteiger partial charge in [0.1, 0.15) is 11.9 Å². The van der Waals surface area contributed by atoms with Crippen LogP contribution in [0.5, 0.6) is 0 Å². The first-order valence-electron chi connectivity index (χ1n) is 10.8. The zero-order valence-corrected chi connectivity index (χ0v) is 17.5. The predicted octanol–water partition coefficient (Wildman–Crippen LogP) is 4.23. The van der Waals surface area contributed by atoms with Gasteiger partial charge in [0.05, 0.1) is 6.42 Å². The predicted molar refractivity (Wildman–Crippen MR) is 116 cm³/mol. The molecule has 0 aliphatic carbocycles. The van der Waals surface area contributed by atoms with Crippen molar-refractivity contribution < 1.29 is 13.6 Å². The quantitative estimate of drug-likeness (QED) is 0.617. The lowest BCUT2D eigenvalue weighted by atomic mass is 10.1. The van der Waals surface area contributed by atoms with Gasteiger partial charge in [0.2, 0.25) is 11.8 Å². The summed E-state index contributed by atoms with van der Waals surface area (Å²) in [4.78, 5) is 14.8.